The molecule has 0 aliphatic carbocycles. The smallest absolute Gasteiger partial charge is 0.222 e. The van der Waals surface area contributed by atoms with Gasteiger partial charge in [0.1, 0.15) is 5.82 Å². The number of anilines is 1. The highest BCUT2D eigenvalue weighted by atomic mass is 16.2. The summed E-state index contributed by atoms with van der Waals surface area (Å²) in [4.78, 5) is 18.1. The molecule has 0 radical (unpaired) electrons. The monoisotopic (exact) mass is 274 g/mol. The second kappa shape index (κ2) is 6.22. The number of likely N-dealkylation sites (tertiary alicyclic amines) is 1. The summed E-state index contributed by atoms with van der Waals surface area (Å²) in [6, 6.07) is 6.52. The number of aromatic nitrogens is 1. The zero-order chi connectivity index (χ0) is 13.8. The van der Waals surface area contributed by atoms with Crippen LogP contribution in [0.25, 0.3) is 0 Å². The molecular weight excluding hydrogens is 252 g/mol. The third kappa shape index (κ3) is 3.10. The molecule has 1 amide bonds. The number of carbonyl (C=O) groups is 1. The minimum atomic E-state index is 0.281. The van der Waals surface area contributed by atoms with Gasteiger partial charge < -0.3 is 15.5 Å². The van der Waals surface area contributed by atoms with Crippen molar-refractivity contribution in [2.45, 2.75) is 31.7 Å². The van der Waals surface area contributed by atoms with E-state index < -0.39 is 0 Å². The molecule has 108 valence electrons. The van der Waals surface area contributed by atoms with E-state index in [1.807, 2.05) is 17.0 Å². The van der Waals surface area contributed by atoms with Crippen LogP contribution in [0.3, 0.4) is 0 Å². The SMILES string of the molecule is O=C1CCCN1CCNc1cccc([C@H]2CCCN2)n1. The maximum absolute atomic E-state index is 11.5. The first-order valence-electron chi connectivity index (χ1n) is 7.55. The van der Waals surface area contributed by atoms with Crippen molar-refractivity contribution in [3.05, 3.63) is 23.9 Å². The standard InChI is InChI=1S/C15H22N4O/c20-15-7-3-10-19(15)11-9-17-14-6-1-4-13(18-14)12-5-2-8-16-12/h1,4,6,12,16H,2-3,5,7-11H2,(H,17,18)/t12-/m1/s1. The lowest BCUT2D eigenvalue weighted by molar-refractivity contribution is -0.127. The van der Waals surface area contributed by atoms with Gasteiger partial charge in [0, 0.05) is 32.1 Å². The predicted molar refractivity (Wildman–Crippen MR) is 78.5 cm³/mol. The van der Waals surface area contributed by atoms with Gasteiger partial charge in [-0.25, -0.2) is 4.98 Å². The third-order valence-corrected chi connectivity index (χ3v) is 4.05. The van der Waals surface area contributed by atoms with Gasteiger partial charge in [-0.1, -0.05) is 6.07 Å². The summed E-state index contributed by atoms with van der Waals surface area (Å²) in [5, 5.41) is 6.79. The fraction of sp³-hybridized carbons (Fsp3) is 0.600. The van der Waals surface area contributed by atoms with Crippen LogP contribution in [0.1, 0.15) is 37.4 Å². The first-order chi connectivity index (χ1) is 9.83. The van der Waals surface area contributed by atoms with Crippen LogP contribution < -0.4 is 10.6 Å². The third-order valence-electron chi connectivity index (χ3n) is 4.05. The van der Waals surface area contributed by atoms with Crippen LogP contribution in [0, 0.1) is 0 Å². The molecule has 5 heteroatoms. The van der Waals surface area contributed by atoms with Crippen molar-refractivity contribution < 1.29 is 4.79 Å². The van der Waals surface area contributed by atoms with Gasteiger partial charge in [0.15, 0.2) is 0 Å². The number of nitrogens with one attached hydrogen (secondary N) is 2. The molecule has 0 spiro atoms. The van der Waals surface area contributed by atoms with E-state index >= 15 is 0 Å². The largest absolute Gasteiger partial charge is 0.368 e. The van der Waals surface area contributed by atoms with Crippen LogP contribution in [-0.4, -0.2) is 42.0 Å². The van der Waals surface area contributed by atoms with E-state index in [0.29, 0.717) is 12.5 Å². The number of hydrogen-bond acceptors (Lipinski definition) is 4. The maximum Gasteiger partial charge on any atom is 0.222 e. The van der Waals surface area contributed by atoms with E-state index in [2.05, 4.69) is 21.7 Å². The normalized spacial score (nSPS) is 22.5. The lowest BCUT2D eigenvalue weighted by Crippen LogP contribution is -2.30. The van der Waals surface area contributed by atoms with Crippen LogP contribution >= 0.6 is 0 Å². The molecule has 0 aromatic carbocycles. The van der Waals surface area contributed by atoms with Crippen molar-refractivity contribution in [3.63, 3.8) is 0 Å². The average Bonchev–Trinajstić information content (AvgIpc) is 3.12. The van der Waals surface area contributed by atoms with E-state index in [-0.39, 0.29) is 5.91 Å². The molecule has 1 aromatic rings. The lowest BCUT2D eigenvalue weighted by atomic mass is 10.1. The van der Waals surface area contributed by atoms with E-state index in [1.165, 1.54) is 12.8 Å². The average molecular weight is 274 g/mol. The number of pyridine rings is 1. The Labute approximate surface area is 119 Å². The summed E-state index contributed by atoms with van der Waals surface area (Å²) in [5.74, 6) is 1.19. The maximum atomic E-state index is 11.5. The molecule has 5 nitrogen and oxygen atoms in total. The molecule has 3 heterocycles. The fourth-order valence-corrected chi connectivity index (χ4v) is 2.94. The zero-order valence-corrected chi connectivity index (χ0v) is 11.8. The Morgan fingerprint density at radius 3 is 3.10 bits per heavy atom. The number of carbonyl (C=O) groups excluding carboxylic acids is 1. The van der Waals surface area contributed by atoms with Gasteiger partial charge >= 0.3 is 0 Å². The Morgan fingerprint density at radius 1 is 1.40 bits per heavy atom. The molecular formula is C15H22N4O. The highest BCUT2D eigenvalue weighted by molar-refractivity contribution is 5.78. The second-order valence-electron chi connectivity index (χ2n) is 5.51. The topological polar surface area (TPSA) is 57.3 Å². The molecule has 2 fully saturated rings. The predicted octanol–water partition coefficient (Wildman–Crippen LogP) is 1.54. The summed E-state index contributed by atoms with van der Waals surface area (Å²) >= 11 is 0. The van der Waals surface area contributed by atoms with Crippen molar-refractivity contribution in [1.29, 1.82) is 0 Å². The second-order valence-corrected chi connectivity index (χ2v) is 5.51. The minimum Gasteiger partial charge on any atom is -0.368 e. The van der Waals surface area contributed by atoms with E-state index in [9.17, 15) is 4.79 Å². The number of hydrogen-bond donors (Lipinski definition) is 2. The molecule has 1 aromatic heterocycles. The van der Waals surface area contributed by atoms with Crippen LogP contribution in [0.15, 0.2) is 18.2 Å². The summed E-state index contributed by atoms with van der Waals surface area (Å²) in [6.07, 6.45) is 4.10. The Kier molecular flexibility index (Phi) is 4.16. The van der Waals surface area contributed by atoms with Gasteiger partial charge in [-0.3, -0.25) is 4.79 Å². The Morgan fingerprint density at radius 2 is 2.35 bits per heavy atom. The molecule has 0 saturated carbocycles. The van der Waals surface area contributed by atoms with Crippen molar-refractivity contribution in [2.24, 2.45) is 0 Å². The molecule has 0 unspecified atom stereocenters. The van der Waals surface area contributed by atoms with Gasteiger partial charge in [0.05, 0.1) is 5.69 Å². The van der Waals surface area contributed by atoms with Gasteiger partial charge in [-0.15, -0.1) is 0 Å². The summed E-state index contributed by atoms with van der Waals surface area (Å²) in [7, 11) is 0. The summed E-state index contributed by atoms with van der Waals surface area (Å²) < 4.78 is 0. The van der Waals surface area contributed by atoms with E-state index in [0.717, 1.165) is 44.1 Å². The Hall–Kier alpha value is -1.62. The first-order valence-corrected chi connectivity index (χ1v) is 7.55. The van der Waals surface area contributed by atoms with E-state index in [1.54, 1.807) is 0 Å². The minimum absolute atomic E-state index is 0.281. The zero-order valence-electron chi connectivity index (χ0n) is 11.8. The Balaban J connectivity index is 1.52. The van der Waals surface area contributed by atoms with Crippen LogP contribution in [0.5, 0.6) is 0 Å². The Bertz CT molecular complexity index is 471. The van der Waals surface area contributed by atoms with Crippen molar-refractivity contribution in [3.8, 4) is 0 Å². The summed E-state index contributed by atoms with van der Waals surface area (Å²) in [6.45, 7) is 3.52. The number of nitrogens with zero attached hydrogens (tertiary/aromatic N) is 2. The molecule has 3 rings (SSSR count). The van der Waals surface area contributed by atoms with Crippen molar-refractivity contribution in [2.75, 3.05) is 31.5 Å². The molecule has 2 aliphatic heterocycles. The molecule has 2 saturated heterocycles. The molecule has 20 heavy (non-hydrogen) atoms. The molecule has 2 aliphatic rings. The van der Waals surface area contributed by atoms with Crippen molar-refractivity contribution >= 4 is 11.7 Å². The number of rotatable bonds is 5. The quantitative estimate of drug-likeness (QED) is 0.855. The van der Waals surface area contributed by atoms with Gasteiger partial charge in [0.25, 0.3) is 0 Å². The van der Waals surface area contributed by atoms with Crippen molar-refractivity contribution in [1.82, 2.24) is 15.2 Å². The molecule has 0 bridgehead atoms. The first kappa shape index (κ1) is 13.4. The molecule has 2 N–H and O–H groups in total. The van der Waals surface area contributed by atoms with Gasteiger partial charge in [-0.05, 0) is 37.9 Å². The van der Waals surface area contributed by atoms with E-state index in [4.69, 9.17) is 0 Å². The van der Waals surface area contributed by atoms with Crippen LogP contribution in [-0.2, 0) is 4.79 Å². The fourth-order valence-electron chi connectivity index (χ4n) is 2.94. The highest BCUT2D eigenvalue weighted by Gasteiger charge is 2.19. The summed E-state index contributed by atoms with van der Waals surface area (Å²) in [5.41, 5.74) is 1.12. The lowest BCUT2D eigenvalue weighted by Gasteiger charge is -2.16. The van der Waals surface area contributed by atoms with Gasteiger partial charge in [0.2, 0.25) is 5.91 Å². The number of amides is 1. The van der Waals surface area contributed by atoms with Crippen LogP contribution in [0.2, 0.25) is 0 Å². The highest BCUT2D eigenvalue weighted by Crippen LogP contribution is 2.22. The molecule has 1 atom stereocenters. The van der Waals surface area contributed by atoms with Gasteiger partial charge in [-0.2, -0.15) is 0 Å². The van der Waals surface area contributed by atoms with Crippen LogP contribution in [0.4, 0.5) is 5.82 Å².